The zero-order valence-electron chi connectivity index (χ0n) is 13.3. The molecule has 1 saturated heterocycles. The van der Waals surface area contributed by atoms with Crippen molar-refractivity contribution in [1.82, 2.24) is 9.80 Å². The lowest BCUT2D eigenvalue weighted by atomic mass is 9.92. The van der Waals surface area contributed by atoms with Crippen LogP contribution in [-0.4, -0.2) is 66.4 Å². The highest BCUT2D eigenvalue weighted by atomic mass is 16.5. The van der Waals surface area contributed by atoms with E-state index >= 15 is 0 Å². The van der Waals surface area contributed by atoms with E-state index in [1.165, 1.54) is 43.8 Å². The monoisotopic (exact) mass is 298 g/mol. The number of ether oxygens (including phenoxy) is 1. The zero-order valence-corrected chi connectivity index (χ0v) is 13.3. The molecule has 2 fully saturated rings. The average molecular weight is 298 g/mol. The van der Waals surface area contributed by atoms with Crippen molar-refractivity contribution in [2.45, 2.75) is 63.5 Å². The quantitative estimate of drug-likeness (QED) is 0.734. The Kier molecular flexibility index (Phi) is 6.77. The van der Waals surface area contributed by atoms with Crippen LogP contribution in [0.25, 0.3) is 0 Å². The molecule has 0 radical (unpaired) electrons. The molecule has 0 spiro atoms. The molecule has 0 unspecified atom stereocenters. The molecule has 1 aliphatic carbocycles. The Bertz CT molecular complexity index is 311. The largest absolute Gasteiger partial charge is 0.465 e. The first-order chi connectivity index (χ1) is 10.2. The van der Waals surface area contributed by atoms with Crippen molar-refractivity contribution in [1.29, 1.82) is 0 Å². The maximum absolute atomic E-state index is 10.9. The lowest BCUT2D eigenvalue weighted by Gasteiger charge is -2.33. The molecule has 0 aromatic heterocycles. The summed E-state index contributed by atoms with van der Waals surface area (Å²) in [4.78, 5) is 14.9. The van der Waals surface area contributed by atoms with Crippen LogP contribution in [0.1, 0.15) is 51.4 Å². The first-order valence-electron chi connectivity index (χ1n) is 8.46. The van der Waals surface area contributed by atoms with Gasteiger partial charge in [-0.05, 0) is 71.0 Å². The summed E-state index contributed by atoms with van der Waals surface area (Å²) in [6.45, 7) is 4.64. The number of carboxylic acid groups (broad SMARTS) is 1. The van der Waals surface area contributed by atoms with Gasteiger partial charge in [-0.15, -0.1) is 0 Å². The summed E-state index contributed by atoms with van der Waals surface area (Å²) in [6, 6.07) is 0.178. The molecule has 21 heavy (non-hydrogen) atoms. The number of likely N-dealkylation sites (tertiary alicyclic amines) is 1. The van der Waals surface area contributed by atoms with E-state index in [0.717, 1.165) is 38.7 Å². The molecule has 2 rings (SSSR count). The van der Waals surface area contributed by atoms with Gasteiger partial charge in [-0.1, -0.05) is 0 Å². The van der Waals surface area contributed by atoms with Gasteiger partial charge in [0.1, 0.15) is 0 Å². The molecule has 0 atom stereocenters. The van der Waals surface area contributed by atoms with Gasteiger partial charge in [-0.2, -0.15) is 0 Å². The van der Waals surface area contributed by atoms with E-state index in [2.05, 4.69) is 4.90 Å². The lowest BCUT2D eigenvalue weighted by molar-refractivity contribution is 0.00959. The van der Waals surface area contributed by atoms with Crippen LogP contribution in [0.15, 0.2) is 0 Å². The van der Waals surface area contributed by atoms with Gasteiger partial charge in [0, 0.05) is 19.7 Å². The highest BCUT2D eigenvalue weighted by Crippen LogP contribution is 2.24. The minimum absolute atomic E-state index is 0.178. The Hall–Kier alpha value is -0.810. The van der Waals surface area contributed by atoms with Gasteiger partial charge in [-0.25, -0.2) is 4.79 Å². The summed E-state index contributed by atoms with van der Waals surface area (Å²) < 4.78 is 5.95. The van der Waals surface area contributed by atoms with Crippen molar-refractivity contribution in [3.8, 4) is 0 Å². The molecular formula is C16H30N2O3. The Morgan fingerprint density at radius 2 is 1.86 bits per heavy atom. The van der Waals surface area contributed by atoms with Gasteiger partial charge in [0.05, 0.1) is 6.10 Å². The molecule has 5 heteroatoms. The first-order valence-corrected chi connectivity index (χ1v) is 8.46. The van der Waals surface area contributed by atoms with Gasteiger partial charge in [0.25, 0.3) is 0 Å². The van der Waals surface area contributed by atoms with Crippen LogP contribution in [0.4, 0.5) is 4.79 Å². The molecule has 0 aromatic rings. The van der Waals surface area contributed by atoms with Gasteiger partial charge in [0.2, 0.25) is 0 Å². The SMILES string of the molecule is CN(C(=O)O)C1CCC(OCCCCN2CCCC2)CC1. The molecule has 1 heterocycles. The first kappa shape index (κ1) is 16.6. The number of amides is 1. The highest BCUT2D eigenvalue weighted by Gasteiger charge is 2.26. The predicted octanol–water partition coefficient (Wildman–Crippen LogP) is 2.80. The molecule has 0 bridgehead atoms. The van der Waals surface area contributed by atoms with Gasteiger partial charge >= 0.3 is 6.09 Å². The summed E-state index contributed by atoms with van der Waals surface area (Å²) in [6.07, 6.45) is 8.49. The summed E-state index contributed by atoms with van der Waals surface area (Å²) in [7, 11) is 1.67. The normalized spacial score (nSPS) is 26.9. The number of nitrogens with zero attached hydrogens (tertiary/aromatic N) is 2. The van der Waals surface area contributed by atoms with Crippen LogP contribution in [0.5, 0.6) is 0 Å². The highest BCUT2D eigenvalue weighted by molar-refractivity contribution is 5.64. The third kappa shape index (κ3) is 5.47. The van der Waals surface area contributed by atoms with Crippen LogP contribution in [0.3, 0.4) is 0 Å². The van der Waals surface area contributed by atoms with Crippen molar-refractivity contribution in [3.05, 3.63) is 0 Å². The Labute approximate surface area is 128 Å². The minimum atomic E-state index is -0.818. The number of rotatable bonds is 7. The van der Waals surface area contributed by atoms with Crippen LogP contribution >= 0.6 is 0 Å². The van der Waals surface area contributed by atoms with Crippen LogP contribution in [-0.2, 0) is 4.74 Å². The van der Waals surface area contributed by atoms with E-state index in [1.54, 1.807) is 7.05 Å². The number of hydrogen-bond donors (Lipinski definition) is 1. The molecule has 1 aliphatic heterocycles. The molecule has 122 valence electrons. The van der Waals surface area contributed by atoms with E-state index in [1.807, 2.05) is 0 Å². The minimum Gasteiger partial charge on any atom is -0.465 e. The molecule has 0 aromatic carbocycles. The third-order valence-corrected chi connectivity index (χ3v) is 4.91. The summed E-state index contributed by atoms with van der Waals surface area (Å²) >= 11 is 0. The molecular weight excluding hydrogens is 268 g/mol. The summed E-state index contributed by atoms with van der Waals surface area (Å²) in [5, 5.41) is 8.98. The molecule has 1 amide bonds. The Morgan fingerprint density at radius 3 is 2.48 bits per heavy atom. The van der Waals surface area contributed by atoms with E-state index in [0.29, 0.717) is 6.10 Å². The van der Waals surface area contributed by atoms with Crippen molar-refractivity contribution >= 4 is 6.09 Å². The zero-order chi connectivity index (χ0) is 15.1. The average Bonchev–Trinajstić information content (AvgIpc) is 3.00. The van der Waals surface area contributed by atoms with Gasteiger partial charge in [-0.3, -0.25) is 0 Å². The van der Waals surface area contributed by atoms with Crippen LogP contribution in [0.2, 0.25) is 0 Å². The van der Waals surface area contributed by atoms with Gasteiger partial charge < -0.3 is 19.6 Å². The third-order valence-electron chi connectivity index (χ3n) is 4.91. The van der Waals surface area contributed by atoms with Crippen LogP contribution < -0.4 is 0 Å². The predicted molar refractivity (Wildman–Crippen MR) is 82.7 cm³/mol. The number of hydrogen-bond acceptors (Lipinski definition) is 3. The summed E-state index contributed by atoms with van der Waals surface area (Å²) in [5.41, 5.74) is 0. The second-order valence-corrected chi connectivity index (χ2v) is 6.45. The van der Waals surface area contributed by atoms with E-state index in [4.69, 9.17) is 9.84 Å². The van der Waals surface area contributed by atoms with E-state index in [-0.39, 0.29) is 6.04 Å². The van der Waals surface area contributed by atoms with Crippen molar-refractivity contribution < 1.29 is 14.6 Å². The molecule has 5 nitrogen and oxygen atoms in total. The van der Waals surface area contributed by atoms with Crippen molar-refractivity contribution in [2.75, 3.05) is 33.3 Å². The molecule has 2 aliphatic rings. The maximum Gasteiger partial charge on any atom is 0.407 e. The summed E-state index contributed by atoms with van der Waals surface area (Å²) in [5.74, 6) is 0. The van der Waals surface area contributed by atoms with Gasteiger partial charge in [0.15, 0.2) is 0 Å². The van der Waals surface area contributed by atoms with Crippen molar-refractivity contribution in [3.63, 3.8) is 0 Å². The molecule has 1 saturated carbocycles. The smallest absolute Gasteiger partial charge is 0.407 e. The number of carbonyl (C=O) groups is 1. The molecule has 1 N–H and O–H groups in total. The fourth-order valence-corrected chi connectivity index (χ4v) is 3.45. The lowest BCUT2D eigenvalue weighted by Crippen LogP contribution is -2.40. The van der Waals surface area contributed by atoms with E-state index < -0.39 is 6.09 Å². The van der Waals surface area contributed by atoms with Crippen LogP contribution in [0, 0.1) is 0 Å². The second kappa shape index (κ2) is 8.59. The Morgan fingerprint density at radius 1 is 1.19 bits per heavy atom. The fourth-order valence-electron chi connectivity index (χ4n) is 3.45. The van der Waals surface area contributed by atoms with Crippen molar-refractivity contribution in [2.24, 2.45) is 0 Å². The standard InChI is InChI=1S/C16H30N2O3/c1-17(16(19)20)14-6-8-15(9-7-14)21-13-5-4-12-18-10-2-3-11-18/h14-15H,2-13H2,1H3,(H,19,20). The second-order valence-electron chi connectivity index (χ2n) is 6.45. The fraction of sp³-hybridized carbons (Fsp3) is 0.938. The Balaban J connectivity index is 1.49. The maximum atomic E-state index is 10.9. The van der Waals surface area contributed by atoms with E-state index in [9.17, 15) is 4.79 Å². The topological polar surface area (TPSA) is 53.0 Å². The number of unbranched alkanes of at least 4 members (excludes halogenated alkanes) is 1.